The largest absolute Gasteiger partial charge is 0.416 e. The van der Waals surface area contributed by atoms with E-state index in [0.29, 0.717) is 6.07 Å². The van der Waals surface area contributed by atoms with Gasteiger partial charge in [0.25, 0.3) is 0 Å². The Morgan fingerprint density at radius 1 is 1.17 bits per heavy atom. The van der Waals surface area contributed by atoms with E-state index in [9.17, 15) is 22.8 Å². The van der Waals surface area contributed by atoms with Crippen LogP contribution < -0.4 is 10.6 Å². The quantitative estimate of drug-likeness (QED) is 0.818. The minimum absolute atomic E-state index is 0.0996. The number of carbonyl (C=O) groups excluding carboxylic acids is 2. The molecule has 0 saturated carbocycles. The number of hydrogen-bond acceptors (Lipinski definition) is 3. The predicted molar refractivity (Wildman–Crippen MR) is 81.2 cm³/mol. The molecule has 0 saturated heterocycles. The van der Waals surface area contributed by atoms with E-state index in [-0.39, 0.29) is 17.3 Å². The highest BCUT2D eigenvalue weighted by Crippen LogP contribution is 2.33. The van der Waals surface area contributed by atoms with Crippen molar-refractivity contribution in [2.75, 3.05) is 5.32 Å². The molecule has 0 radical (unpaired) electrons. The van der Waals surface area contributed by atoms with Crippen molar-refractivity contribution in [2.24, 2.45) is 0 Å². The molecule has 2 aromatic rings. The van der Waals surface area contributed by atoms with Gasteiger partial charge in [-0.25, -0.2) is 0 Å². The summed E-state index contributed by atoms with van der Waals surface area (Å²) in [7, 11) is 0. The Labute approximate surface area is 138 Å². The van der Waals surface area contributed by atoms with Crippen molar-refractivity contribution in [1.29, 1.82) is 0 Å². The molecule has 4 nitrogen and oxygen atoms in total. The second-order valence-corrected chi connectivity index (χ2v) is 5.85. The SMILES string of the molecule is O=C(NCc1cccs1)C(=O)Nc1cc(C(F)(F)F)ccc1Cl. The first-order valence-electron chi connectivity index (χ1n) is 6.25. The fourth-order valence-corrected chi connectivity index (χ4v) is 2.45. The number of rotatable bonds is 3. The highest BCUT2D eigenvalue weighted by molar-refractivity contribution is 7.09. The molecule has 0 fully saturated rings. The van der Waals surface area contributed by atoms with Crippen LogP contribution >= 0.6 is 22.9 Å². The summed E-state index contributed by atoms with van der Waals surface area (Å²) in [4.78, 5) is 24.2. The zero-order valence-electron chi connectivity index (χ0n) is 11.4. The monoisotopic (exact) mass is 362 g/mol. The zero-order valence-corrected chi connectivity index (χ0v) is 13.0. The van der Waals surface area contributed by atoms with E-state index in [1.54, 1.807) is 12.1 Å². The number of thiophene rings is 1. The molecular weight excluding hydrogens is 353 g/mol. The Hall–Kier alpha value is -2.06. The van der Waals surface area contributed by atoms with Gasteiger partial charge < -0.3 is 10.6 Å². The van der Waals surface area contributed by atoms with Crippen molar-refractivity contribution in [3.63, 3.8) is 0 Å². The molecule has 0 atom stereocenters. The lowest BCUT2D eigenvalue weighted by Gasteiger charge is -2.11. The summed E-state index contributed by atoms with van der Waals surface area (Å²) in [5.74, 6) is -2.06. The van der Waals surface area contributed by atoms with Gasteiger partial charge in [0.05, 0.1) is 22.8 Å². The van der Waals surface area contributed by atoms with Crippen LogP contribution in [0.15, 0.2) is 35.7 Å². The predicted octanol–water partition coefficient (Wildman–Crippen LogP) is 3.68. The lowest BCUT2D eigenvalue weighted by Crippen LogP contribution is -2.34. The van der Waals surface area contributed by atoms with Gasteiger partial charge in [0.2, 0.25) is 0 Å². The Balaban J connectivity index is 2.03. The van der Waals surface area contributed by atoms with E-state index in [1.165, 1.54) is 11.3 Å². The molecule has 0 spiro atoms. The van der Waals surface area contributed by atoms with Crippen LogP contribution in [0.3, 0.4) is 0 Å². The third kappa shape index (κ3) is 4.70. The molecule has 122 valence electrons. The van der Waals surface area contributed by atoms with Crippen LogP contribution in [0.2, 0.25) is 5.02 Å². The fraction of sp³-hybridized carbons (Fsp3) is 0.143. The van der Waals surface area contributed by atoms with Crippen molar-refractivity contribution in [3.8, 4) is 0 Å². The Morgan fingerprint density at radius 3 is 2.52 bits per heavy atom. The van der Waals surface area contributed by atoms with Crippen molar-refractivity contribution >= 4 is 40.4 Å². The van der Waals surface area contributed by atoms with Gasteiger partial charge in [-0.2, -0.15) is 13.2 Å². The topological polar surface area (TPSA) is 58.2 Å². The molecule has 0 bridgehead atoms. The van der Waals surface area contributed by atoms with Crippen molar-refractivity contribution in [1.82, 2.24) is 5.32 Å². The summed E-state index contributed by atoms with van der Waals surface area (Å²) in [6.07, 6.45) is -4.58. The zero-order chi connectivity index (χ0) is 17.0. The van der Waals surface area contributed by atoms with Crippen molar-refractivity contribution < 1.29 is 22.8 Å². The summed E-state index contributed by atoms with van der Waals surface area (Å²) in [6.45, 7) is 0.153. The first-order chi connectivity index (χ1) is 10.8. The summed E-state index contributed by atoms with van der Waals surface area (Å²) in [6, 6.07) is 6.02. The van der Waals surface area contributed by atoms with Crippen LogP contribution in [0, 0.1) is 0 Å². The first-order valence-corrected chi connectivity index (χ1v) is 7.51. The maximum Gasteiger partial charge on any atom is 0.416 e. The summed E-state index contributed by atoms with van der Waals surface area (Å²) in [5.41, 5.74) is -1.26. The van der Waals surface area contributed by atoms with Crippen LogP contribution in [0.1, 0.15) is 10.4 Å². The van der Waals surface area contributed by atoms with E-state index < -0.39 is 23.6 Å². The lowest BCUT2D eigenvalue weighted by molar-refractivity contribution is -0.137. The van der Waals surface area contributed by atoms with E-state index in [2.05, 4.69) is 10.6 Å². The van der Waals surface area contributed by atoms with E-state index in [0.717, 1.165) is 17.0 Å². The molecule has 0 aliphatic rings. The molecule has 2 amide bonds. The highest BCUT2D eigenvalue weighted by atomic mass is 35.5. The van der Waals surface area contributed by atoms with Gasteiger partial charge in [-0.15, -0.1) is 11.3 Å². The number of alkyl halides is 3. The summed E-state index contributed by atoms with van der Waals surface area (Å²) < 4.78 is 37.9. The van der Waals surface area contributed by atoms with Crippen LogP contribution in [-0.4, -0.2) is 11.8 Å². The fourth-order valence-electron chi connectivity index (χ4n) is 1.64. The third-order valence-corrected chi connectivity index (χ3v) is 3.96. The Morgan fingerprint density at radius 2 is 1.91 bits per heavy atom. The number of carbonyl (C=O) groups is 2. The van der Waals surface area contributed by atoms with Crippen molar-refractivity contribution in [3.05, 3.63) is 51.2 Å². The Bertz CT molecular complexity index is 717. The normalized spacial score (nSPS) is 11.1. The first kappa shape index (κ1) is 17.3. The van der Waals surface area contributed by atoms with Gasteiger partial charge in [0, 0.05) is 4.88 Å². The minimum Gasteiger partial charge on any atom is -0.343 e. The molecule has 0 aliphatic carbocycles. The van der Waals surface area contributed by atoms with Crippen LogP contribution in [0.4, 0.5) is 18.9 Å². The third-order valence-electron chi connectivity index (χ3n) is 2.75. The average molecular weight is 363 g/mol. The van der Waals surface area contributed by atoms with Crippen LogP contribution in [0.25, 0.3) is 0 Å². The van der Waals surface area contributed by atoms with E-state index in [4.69, 9.17) is 11.6 Å². The maximum atomic E-state index is 12.6. The molecule has 2 rings (SSSR count). The number of amides is 2. The van der Waals surface area contributed by atoms with Crippen molar-refractivity contribution in [2.45, 2.75) is 12.7 Å². The van der Waals surface area contributed by atoms with E-state index >= 15 is 0 Å². The smallest absolute Gasteiger partial charge is 0.343 e. The molecular formula is C14H10ClF3N2O2S. The second-order valence-electron chi connectivity index (χ2n) is 4.41. The van der Waals surface area contributed by atoms with E-state index in [1.807, 2.05) is 5.38 Å². The van der Waals surface area contributed by atoms with Gasteiger partial charge in [-0.05, 0) is 29.6 Å². The molecule has 1 aromatic carbocycles. The highest BCUT2D eigenvalue weighted by Gasteiger charge is 2.31. The maximum absolute atomic E-state index is 12.6. The number of anilines is 1. The Kier molecular flexibility index (Phi) is 5.27. The standard InChI is InChI=1S/C14H10ClF3N2O2S/c15-10-4-3-8(14(16,17)18)6-11(10)20-13(22)12(21)19-7-9-2-1-5-23-9/h1-6H,7H2,(H,19,21)(H,20,22). The van der Waals surface area contributed by atoms with Gasteiger partial charge in [-0.1, -0.05) is 17.7 Å². The molecule has 0 aliphatic heterocycles. The van der Waals surface area contributed by atoms with Crippen LogP contribution in [0.5, 0.6) is 0 Å². The molecule has 9 heteroatoms. The van der Waals surface area contributed by atoms with Crippen LogP contribution in [-0.2, 0) is 22.3 Å². The summed E-state index contributed by atoms with van der Waals surface area (Å²) in [5, 5.41) is 6.15. The molecule has 2 N–H and O–H groups in total. The molecule has 23 heavy (non-hydrogen) atoms. The second kappa shape index (κ2) is 7.01. The van der Waals surface area contributed by atoms with Gasteiger partial charge >= 0.3 is 18.0 Å². The lowest BCUT2D eigenvalue weighted by atomic mass is 10.2. The minimum atomic E-state index is -4.58. The molecule has 0 unspecified atom stereocenters. The van der Waals surface area contributed by atoms with Gasteiger partial charge in [-0.3, -0.25) is 9.59 Å². The molecule has 1 heterocycles. The average Bonchev–Trinajstić information content (AvgIpc) is 2.99. The van der Waals surface area contributed by atoms with Gasteiger partial charge in [0.1, 0.15) is 0 Å². The number of nitrogens with one attached hydrogen (secondary N) is 2. The summed E-state index contributed by atoms with van der Waals surface area (Å²) >= 11 is 7.14. The number of halogens is 4. The number of hydrogen-bond donors (Lipinski definition) is 2. The van der Waals surface area contributed by atoms with Gasteiger partial charge in [0.15, 0.2) is 0 Å². The number of benzene rings is 1. The molecule has 1 aromatic heterocycles.